The molecular weight excluding hydrogens is 182 g/mol. The van der Waals surface area contributed by atoms with Crippen LogP contribution < -0.4 is 0 Å². The summed E-state index contributed by atoms with van der Waals surface area (Å²) in [6.07, 6.45) is 12.2. The average molecular weight is 207 g/mol. The van der Waals surface area contributed by atoms with Gasteiger partial charge in [0.2, 0.25) is 0 Å². The summed E-state index contributed by atoms with van der Waals surface area (Å²) >= 11 is 0. The van der Waals surface area contributed by atoms with E-state index in [1.165, 1.54) is 45.1 Å². The Morgan fingerprint density at radius 1 is 0.800 bits per heavy atom. The maximum Gasteiger partial charge on any atom is 0.0151 e. The van der Waals surface area contributed by atoms with Gasteiger partial charge in [0.25, 0.3) is 0 Å². The number of rotatable bonds is 0. The van der Waals surface area contributed by atoms with E-state index in [2.05, 4.69) is 11.9 Å². The molecule has 3 aliphatic rings. The fourth-order valence-electron chi connectivity index (χ4n) is 4.75. The van der Waals surface area contributed by atoms with Crippen molar-refractivity contribution in [2.45, 2.75) is 57.4 Å². The van der Waals surface area contributed by atoms with Gasteiger partial charge in [0.05, 0.1) is 0 Å². The van der Waals surface area contributed by atoms with Gasteiger partial charge in [-0.3, -0.25) is 0 Å². The Morgan fingerprint density at radius 2 is 1.53 bits per heavy atom. The first-order valence-electron chi connectivity index (χ1n) is 7.06. The quantitative estimate of drug-likeness (QED) is 0.589. The minimum absolute atomic E-state index is 0.970. The molecule has 2 aliphatic carbocycles. The molecule has 1 nitrogen and oxygen atoms in total. The lowest BCUT2D eigenvalue weighted by molar-refractivity contribution is -0.0122. The molecule has 0 radical (unpaired) electrons. The SMILES string of the molecule is CN1CCC[C@H]2CC[C@@H]3CCCC[C@@H]3[C@@H]21. The molecule has 3 fully saturated rings. The van der Waals surface area contributed by atoms with Crippen LogP contribution in [0.1, 0.15) is 51.4 Å². The minimum Gasteiger partial charge on any atom is -0.303 e. The van der Waals surface area contributed by atoms with Crippen LogP contribution in [0.15, 0.2) is 0 Å². The lowest BCUT2D eigenvalue weighted by atomic mass is 9.62. The van der Waals surface area contributed by atoms with Crippen LogP contribution in [0.4, 0.5) is 0 Å². The molecule has 0 amide bonds. The predicted octanol–water partition coefficient (Wildman–Crippen LogP) is 3.30. The molecule has 0 aromatic carbocycles. The van der Waals surface area contributed by atoms with Crippen molar-refractivity contribution in [3.05, 3.63) is 0 Å². The zero-order valence-electron chi connectivity index (χ0n) is 10.1. The van der Waals surface area contributed by atoms with Gasteiger partial charge in [-0.1, -0.05) is 19.3 Å². The van der Waals surface area contributed by atoms with Crippen LogP contribution >= 0.6 is 0 Å². The Balaban J connectivity index is 1.79. The molecule has 1 heteroatoms. The van der Waals surface area contributed by atoms with Crippen molar-refractivity contribution in [1.82, 2.24) is 4.90 Å². The monoisotopic (exact) mass is 207 g/mol. The fourth-order valence-corrected chi connectivity index (χ4v) is 4.75. The lowest BCUT2D eigenvalue weighted by Crippen LogP contribution is -2.52. The van der Waals surface area contributed by atoms with Crippen LogP contribution in [-0.2, 0) is 0 Å². The number of hydrogen-bond acceptors (Lipinski definition) is 1. The summed E-state index contributed by atoms with van der Waals surface area (Å²) in [6.45, 7) is 1.37. The van der Waals surface area contributed by atoms with E-state index >= 15 is 0 Å². The van der Waals surface area contributed by atoms with Crippen LogP contribution in [-0.4, -0.2) is 24.5 Å². The molecule has 1 saturated heterocycles. The Labute approximate surface area is 94.2 Å². The molecule has 0 spiro atoms. The van der Waals surface area contributed by atoms with Crippen LogP contribution in [0.25, 0.3) is 0 Å². The van der Waals surface area contributed by atoms with Gasteiger partial charge < -0.3 is 4.90 Å². The highest BCUT2D eigenvalue weighted by Gasteiger charge is 2.43. The highest BCUT2D eigenvalue weighted by Crippen LogP contribution is 2.47. The van der Waals surface area contributed by atoms with Crippen molar-refractivity contribution >= 4 is 0 Å². The van der Waals surface area contributed by atoms with E-state index < -0.39 is 0 Å². The Hall–Kier alpha value is -0.0400. The summed E-state index contributed by atoms with van der Waals surface area (Å²) in [7, 11) is 2.38. The number of hydrogen-bond donors (Lipinski definition) is 0. The van der Waals surface area contributed by atoms with Gasteiger partial charge in [0.1, 0.15) is 0 Å². The van der Waals surface area contributed by atoms with Gasteiger partial charge in [-0.15, -0.1) is 0 Å². The predicted molar refractivity (Wildman–Crippen MR) is 63.8 cm³/mol. The van der Waals surface area contributed by atoms with Gasteiger partial charge in [0, 0.05) is 6.04 Å². The Kier molecular flexibility index (Phi) is 2.76. The third kappa shape index (κ3) is 1.73. The van der Waals surface area contributed by atoms with E-state index in [0.29, 0.717) is 0 Å². The highest BCUT2D eigenvalue weighted by molar-refractivity contribution is 4.96. The number of likely N-dealkylation sites (tertiary alicyclic amines) is 1. The van der Waals surface area contributed by atoms with Gasteiger partial charge >= 0.3 is 0 Å². The maximum absolute atomic E-state index is 2.70. The zero-order chi connectivity index (χ0) is 10.3. The summed E-state index contributed by atoms with van der Waals surface area (Å²) < 4.78 is 0. The first-order valence-corrected chi connectivity index (χ1v) is 7.06. The number of fused-ring (bicyclic) bond motifs is 3. The lowest BCUT2D eigenvalue weighted by Gasteiger charge is -2.51. The van der Waals surface area contributed by atoms with Crippen molar-refractivity contribution in [3.63, 3.8) is 0 Å². The molecule has 0 N–H and O–H groups in total. The molecule has 0 bridgehead atoms. The van der Waals surface area contributed by atoms with Crippen LogP contribution in [0.2, 0.25) is 0 Å². The Bertz CT molecular complexity index is 225. The van der Waals surface area contributed by atoms with Crippen molar-refractivity contribution in [2.24, 2.45) is 17.8 Å². The molecule has 4 atom stereocenters. The van der Waals surface area contributed by atoms with Crippen LogP contribution in [0.3, 0.4) is 0 Å². The van der Waals surface area contributed by atoms with Gasteiger partial charge in [-0.25, -0.2) is 0 Å². The van der Waals surface area contributed by atoms with Crippen molar-refractivity contribution < 1.29 is 0 Å². The molecule has 1 aliphatic heterocycles. The minimum atomic E-state index is 0.970. The second-order valence-corrected chi connectivity index (χ2v) is 6.16. The molecule has 1 heterocycles. The van der Waals surface area contributed by atoms with Gasteiger partial charge in [-0.2, -0.15) is 0 Å². The van der Waals surface area contributed by atoms with Gasteiger partial charge in [-0.05, 0) is 63.5 Å². The number of nitrogens with zero attached hydrogens (tertiary/aromatic N) is 1. The molecule has 86 valence electrons. The Morgan fingerprint density at radius 3 is 2.47 bits per heavy atom. The average Bonchev–Trinajstić information content (AvgIpc) is 2.29. The number of piperidine rings is 1. The smallest absolute Gasteiger partial charge is 0.0151 e. The molecular formula is C14H25N. The van der Waals surface area contributed by atoms with E-state index in [4.69, 9.17) is 0 Å². The van der Waals surface area contributed by atoms with E-state index in [0.717, 1.165) is 23.8 Å². The van der Waals surface area contributed by atoms with E-state index in [1.54, 1.807) is 12.8 Å². The van der Waals surface area contributed by atoms with Crippen molar-refractivity contribution in [1.29, 1.82) is 0 Å². The summed E-state index contributed by atoms with van der Waals surface area (Å²) in [5, 5.41) is 0. The first-order chi connectivity index (χ1) is 7.36. The largest absolute Gasteiger partial charge is 0.303 e. The second-order valence-electron chi connectivity index (χ2n) is 6.16. The fraction of sp³-hybridized carbons (Fsp3) is 1.00. The maximum atomic E-state index is 2.70. The molecule has 0 aromatic heterocycles. The highest BCUT2D eigenvalue weighted by atomic mass is 15.1. The summed E-state index contributed by atoms with van der Waals surface area (Å²) in [5.41, 5.74) is 0. The molecule has 0 aromatic rings. The normalized spacial score (nSPS) is 47.0. The van der Waals surface area contributed by atoms with Crippen molar-refractivity contribution in [2.75, 3.05) is 13.6 Å². The molecule has 15 heavy (non-hydrogen) atoms. The standard InChI is InChI=1S/C14H25N/c1-15-10-4-6-12-9-8-11-5-2-3-7-13(11)14(12)15/h11-14H,2-10H2,1H3/t11-,12-,13-,14+/m0/s1. The molecule has 3 rings (SSSR count). The topological polar surface area (TPSA) is 3.24 Å². The van der Waals surface area contributed by atoms with E-state index in [9.17, 15) is 0 Å². The summed E-state index contributed by atoms with van der Waals surface area (Å²) in [5.74, 6) is 3.23. The molecule has 2 saturated carbocycles. The first kappa shape index (κ1) is 10.1. The summed E-state index contributed by atoms with van der Waals surface area (Å²) in [6, 6.07) is 0.970. The third-order valence-electron chi connectivity index (χ3n) is 5.39. The zero-order valence-corrected chi connectivity index (χ0v) is 10.1. The van der Waals surface area contributed by atoms with Crippen molar-refractivity contribution in [3.8, 4) is 0 Å². The van der Waals surface area contributed by atoms with Crippen LogP contribution in [0.5, 0.6) is 0 Å². The molecule has 0 unspecified atom stereocenters. The van der Waals surface area contributed by atoms with E-state index in [-0.39, 0.29) is 0 Å². The third-order valence-corrected chi connectivity index (χ3v) is 5.39. The summed E-state index contributed by atoms with van der Waals surface area (Å²) in [4.78, 5) is 2.70. The van der Waals surface area contributed by atoms with Crippen LogP contribution in [0, 0.1) is 17.8 Å². The van der Waals surface area contributed by atoms with Gasteiger partial charge in [0.15, 0.2) is 0 Å². The second kappa shape index (κ2) is 4.08. The van der Waals surface area contributed by atoms with E-state index in [1.807, 2.05) is 0 Å².